The molecule has 0 spiro atoms. The van der Waals surface area contributed by atoms with E-state index in [0.29, 0.717) is 12.4 Å². The van der Waals surface area contributed by atoms with Gasteiger partial charge >= 0.3 is 6.18 Å². The third kappa shape index (κ3) is 4.48. The number of benzene rings is 2. The molecule has 0 aliphatic carbocycles. The Balaban J connectivity index is 1.69. The van der Waals surface area contributed by atoms with Gasteiger partial charge in [0.25, 0.3) is 0 Å². The van der Waals surface area contributed by atoms with Crippen molar-refractivity contribution in [2.24, 2.45) is 0 Å². The molecule has 2 heterocycles. The van der Waals surface area contributed by atoms with Crippen LogP contribution in [0.1, 0.15) is 47.8 Å². The topological polar surface area (TPSA) is 48.0 Å². The highest BCUT2D eigenvalue weighted by Gasteiger charge is 2.34. The summed E-state index contributed by atoms with van der Waals surface area (Å²) in [5, 5.41) is 12.4. The zero-order valence-electron chi connectivity index (χ0n) is 15.9. The molecule has 0 amide bonds. The second-order valence-electron chi connectivity index (χ2n) is 7.45. The van der Waals surface area contributed by atoms with E-state index in [2.05, 4.69) is 15.5 Å². The van der Waals surface area contributed by atoms with Gasteiger partial charge in [0.2, 0.25) is 5.82 Å². The molecule has 0 radical (unpaired) electrons. The quantitative estimate of drug-likeness (QED) is 0.714. The van der Waals surface area contributed by atoms with Crippen molar-refractivity contribution in [3.8, 4) is 0 Å². The monoisotopic (exact) mass is 402 g/mol. The van der Waals surface area contributed by atoms with Crippen LogP contribution in [0, 0.1) is 0 Å². The number of nitrogens with one attached hydrogen (secondary N) is 1. The number of tetrazole rings is 1. The van der Waals surface area contributed by atoms with Crippen LogP contribution in [0.3, 0.4) is 0 Å². The summed E-state index contributed by atoms with van der Waals surface area (Å²) in [6.07, 6.45) is -0.988. The summed E-state index contributed by atoms with van der Waals surface area (Å²) in [4.78, 5) is 1.29. The van der Waals surface area contributed by atoms with E-state index in [9.17, 15) is 13.2 Å². The molecule has 1 saturated heterocycles. The third-order valence-corrected chi connectivity index (χ3v) is 5.47. The molecule has 29 heavy (non-hydrogen) atoms. The van der Waals surface area contributed by atoms with Crippen LogP contribution in [0.4, 0.5) is 13.2 Å². The first-order valence-corrected chi connectivity index (χ1v) is 9.84. The van der Waals surface area contributed by atoms with E-state index in [-0.39, 0.29) is 6.04 Å². The number of alkyl halides is 3. The van der Waals surface area contributed by atoms with Gasteiger partial charge in [0, 0.05) is 5.56 Å². The fourth-order valence-electron chi connectivity index (χ4n) is 4.01. The summed E-state index contributed by atoms with van der Waals surface area (Å²) in [6, 6.07) is 15.1. The van der Waals surface area contributed by atoms with Crippen LogP contribution in [-0.4, -0.2) is 33.3 Å². The van der Waals surface area contributed by atoms with E-state index < -0.39 is 11.7 Å². The number of hydrogen-bond donors (Lipinski definition) is 1. The van der Waals surface area contributed by atoms with Crippen LogP contribution in [0.25, 0.3) is 0 Å². The number of hydrogen-bond acceptors (Lipinski definition) is 3. The Kier molecular flexibility index (Phi) is 5.62. The minimum absolute atomic E-state index is 0.198. The van der Waals surface area contributed by atoms with Crippen LogP contribution in [0.5, 0.6) is 0 Å². The lowest BCUT2D eigenvalue weighted by molar-refractivity contribution is -0.931. The van der Waals surface area contributed by atoms with Gasteiger partial charge in [-0.2, -0.15) is 13.2 Å². The molecule has 0 bridgehead atoms. The maximum Gasteiger partial charge on any atom is 0.416 e. The lowest BCUT2D eigenvalue weighted by Crippen LogP contribution is -3.13. The van der Waals surface area contributed by atoms with Gasteiger partial charge in [-0.1, -0.05) is 42.5 Å². The molecule has 8 heteroatoms. The van der Waals surface area contributed by atoms with Crippen molar-refractivity contribution in [1.29, 1.82) is 0 Å². The van der Waals surface area contributed by atoms with Gasteiger partial charge in [0.05, 0.1) is 25.2 Å². The summed E-state index contributed by atoms with van der Waals surface area (Å²) in [5.41, 5.74) is 1.23. The summed E-state index contributed by atoms with van der Waals surface area (Å²) in [7, 11) is 0. The molecule has 3 aromatic rings. The maximum atomic E-state index is 13.0. The van der Waals surface area contributed by atoms with Crippen LogP contribution in [0.2, 0.25) is 0 Å². The van der Waals surface area contributed by atoms with E-state index in [1.165, 1.54) is 11.3 Å². The molecule has 5 nitrogen and oxygen atoms in total. The maximum absolute atomic E-state index is 13.0. The normalized spacial score (nSPS) is 16.7. The summed E-state index contributed by atoms with van der Waals surface area (Å²) in [6.45, 7) is 2.42. The number of aromatic nitrogens is 4. The van der Waals surface area contributed by atoms with Crippen molar-refractivity contribution in [3.63, 3.8) is 0 Å². The van der Waals surface area contributed by atoms with Gasteiger partial charge in [-0.3, -0.25) is 0 Å². The highest BCUT2D eigenvalue weighted by atomic mass is 19.4. The molecule has 1 aliphatic heterocycles. The molecule has 2 aromatic carbocycles. The Bertz CT molecular complexity index is 915. The van der Waals surface area contributed by atoms with Gasteiger partial charge in [0.1, 0.15) is 0 Å². The average molecular weight is 402 g/mol. The van der Waals surface area contributed by atoms with Crippen molar-refractivity contribution in [3.05, 3.63) is 77.1 Å². The number of quaternary nitrogens is 1. The molecule has 1 N–H and O–H groups in total. The first-order valence-electron chi connectivity index (χ1n) is 9.84. The number of halogens is 3. The third-order valence-electron chi connectivity index (χ3n) is 5.47. The molecule has 1 aromatic heterocycles. The van der Waals surface area contributed by atoms with E-state index >= 15 is 0 Å². The molecule has 0 unspecified atom stereocenters. The van der Waals surface area contributed by atoms with Gasteiger partial charge in [-0.25, -0.2) is 4.68 Å². The van der Waals surface area contributed by atoms with Crippen molar-refractivity contribution in [2.75, 3.05) is 13.1 Å². The summed E-state index contributed by atoms with van der Waals surface area (Å²) < 4.78 is 40.8. The predicted octanol–water partition coefficient (Wildman–Crippen LogP) is 2.90. The molecule has 152 valence electrons. The molecule has 1 atom stereocenters. The minimum atomic E-state index is -4.35. The second kappa shape index (κ2) is 8.32. The SMILES string of the molecule is FC(F)(F)c1ccc([C@H](c2nnnn2Cc2ccccc2)[NH+]2CCCCC2)cc1. The number of nitrogens with zero attached hydrogens (tertiary/aromatic N) is 4. The number of likely N-dealkylation sites (tertiary alicyclic amines) is 1. The standard InChI is InChI=1S/C21H22F3N5/c22-21(23,24)18-11-9-17(10-12-18)19(28-13-5-2-6-14-28)20-25-26-27-29(20)15-16-7-3-1-4-8-16/h1,3-4,7-12,19H,2,5-6,13-15H2/p+1/t19-/m1/s1. The predicted molar refractivity (Wildman–Crippen MR) is 101 cm³/mol. The molecule has 1 fully saturated rings. The molecule has 4 rings (SSSR count). The molecular formula is C21H23F3N5+. The summed E-state index contributed by atoms with van der Waals surface area (Å²) in [5.74, 6) is 0.686. The Morgan fingerprint density at radius 1 is 0.931 bits per heavy atom. The molecule has 0 saturated carbocycles. The number of rotatable bonds is 5. The van der Waals surface area contributed by atoms with Crippen LogP contribution >= 0.6 is 0 Å². The van der Waals surface area contributed by atoms with Crippen LogP contribution < -0.4 is 4.90 Å². The van der Waals surface area contributed by atoms with Crippen molar-refractivity contribution in [2.45, 2.75) is 38.0 Å². The van der Waals surface area contributed by atoms with Gasteiger partial charge in [-0.05, 0) is 47.4 Å². The highest BCUT2D eigenvalue weighted by Crippen LogP contribution is 2.30. The van der Waals surface area contributed by atoms with E-state index in [1.807, 2.05) is 30.3 Å². The number of piperidine rings is 1. The first-order chi connectivity index (χ1) is 14.0. The van der Waals surface area contributed by atoms with Crippen LogP contribution in [0.15, 0.2) is 54.6 Å². The van der Waals surface area contributed by atoms with Gasteiger partial charge in [0.15, 0.2) is 6.04 Å². The molecule has 1 aliphatic rings. The minimum Gasteiger partial charge on any atom is -0.322 e. The van der Waals surface area contributed by atoms with Crippen LogP contribution in [-0.2, 0) is 12.7 Å². The first kappa shape index (κ1) is 19.6. The fraction of sp³-hybridized carbons (Fsp3) is 0.381. The fourth-order valence-corrected chi connectivity index (χ4v) is 4.01. The molecular weight excluding hydrogens is 379 g/mol. The lowest BCUT2D eigenvalue weighted by Gasteiger charge is -2.31. The van der Waals surface area contributed by atoms with Crippen molar-refractivity contribution >= 4 is 0 Å². The highest BCUT2D eigenvalue weighted by molar-refractivity contribution is 5.29. The lowest BCUT2D eigenvalue weighted by atomic mass is 9.99. The Hall–Kier alpha value is -2.74. The zero-order chi connectivity index (χ0) is 20.3. The second-order valence-corrected chi connectivity index (χ2v) is 7.45. The zero-order valence-corrected chi connectivity index (χ0v) is 15.9. The summed E-state index contributed by atoms with van der Waals surface area (Å²) >= 11 is 0. The van der Waals surface area contributed by atoms with E-state index in [4.69, 9.17) is 0 Å². The van der Waals surface area contributed by atoms with E-state index in [0.717, 1.165) is 49.2 Å². The van der Waals surface area contributed by atoms with Gasteiger partial charge in [-0.15, -0.1) is 5.10 Å². The Morgan fingerprint density at radius 3 is 2.28 bits per heavy atom. The van der Waals surface area contributed by atoms with Gasteiger partial charge < -0.3 is 4.90 Å². The Morgan fingerprint density at radius 2 is 1.62 bits per heavy atom. The van der Waals surface area contributed by atoms with Crippen molar-refractivity contribution < 1.29 is 18.1 Å². The Labute approximate surface area is 167 Å². The van der Waals surface area contributed by atoms with Crippen molar-refractivity contribution in [1.82, 2.24) is 20.2 Å². The largest absolute Gasteiger partial charge is 0.416 e. The average Bonchev–Trinajstić information content (AvgIpc) is 3.17. The van der Waals surface area contributed by atoms with E-state index in [1.54, 1.807) is 16.8 Å². The smallest absolute Gasteiger partial charge is 0.322 e.